The van der Waals surface area contributed by atoms with E-state index in [1.807, 2.05) is 62.4 Å². The number of aromatic nitrogens is 5. The van der Waals surface area contributed by atoms with E-state index in [1.165, 1.54) is 4.80 Å². The van der Waals surface area contributed by atoms with E-state index in [-0.39, 0.29) is 18.1 Å². The molecule has 9 nitrogen and oxygen atoms in total. The average Bonchev–Trinajstić information content (AvgIpc) is 3.29. The number of hydrogen-bond acceptors (Lipinski definition) is 6. The first-order valence-electron chi connectivity index (χ1n) is 9.16. The molecule has 0 bridgehead atoms. The molecule has 0 saturated carbocycles. The predicted octanol–water partition coefficient (Wildman–Crippen LogP) is 3.64. The molecule has 0 unspecified atom stereocenters. The first-order valence-corrected chi connectivity index (χ1v) is 9.16. The molecule has 0 aliphatic carbocycles. The van der Waals surface area contributed by atoms with Crippen molar-refractivity contribution >= 4 is 22.5 Å². The summed E-state index contributed by atoms with van der Waals surface area (Å²) in [6, 6.07) is 15.1. The van der Waals surface area contributed by atoms with Crippen LogP contribution >= 0.6 is 0 Å². The highest BCUT2D eigenvalue weighted by molar-refractivity contribution is 5.95. The Labute approximate surface area is 166 Å². The first-order chi connectivity index (χ1) is 14.1. The first kappa shape index (κ1) is 18.5. The van der Waals surface area contributed by atoms with Crippen LogP contribution in [0.15, 0.2) is 58.8 Å². The van der Waals surface area contributed by atoms with E-state index in [0.29, 0.717) is 12.4 Å². The molecule has 1 N–H and O–H groups in total. The van der Waals surface area contributed by atoms with E-state index in [0.717, 1.165) is 22.0 Å². The van der Waals surface area contributed by atoms with Gasteiger partial charge in [0.15, 0.2) is 5.69 Å². The maximum atomic E-state index is 12.2. The van der Waals surface area contributed by atoms with Crippen molar-refractivity contribution < 1.29 is 9.90 Å². The summed E-state index contributed by atoms with van der Waals surface area (Å²) >= 11 is 0. The van der Waals surface area contributed by atoms with E-state index in [9.17, 15) is 9.90 Å². The van der Waals surface area contributed by atoms with Gasteiger partial charge < -0.3 is 9.67 Å². The van der Waals surface area contributed by atoms with Crippen molar-refractivity contribution in [1.29, 1.82) is 0 Å². The zero-order valence-electron chi connectivity index (χ0n) is 16.0. The summed E-state index contributed by atoms with van der Waals surface area (Å²) in [7, 11) is 0. The molecule has 0 saturated heterocycles. The molecular formula is C20H19N7O2. The lowest BCUT2D eigenvalue weighted by Gasteiger charge is -2.01. The van der Waals surface area contributed by atoms with Gasteiger partial charge in [0.05, 0.1) is 5.52 Å². The number of azo groups is 1. The van der Waals surface area contributed by atoms with Crippen LogP contribution in [0.4, 0.5) is 5.69 Å². The number of rotatable bonds is 5. The second-order valence-corrected chi connectivity index (χ2v) is 6.54. The van der Waals surface area contributed by atoms with E-state index < -0.39 is 5.91 Å². The number of amides is 1. The fourth-order valence-electron chi connectivity index (χ4n) is 3.13. The van der Waals surface area contributed by atoms with Gasteiger partial charge in [-0.15, -0.1) is 20.4 Å². The summed E-state index contributed by atoms with van der Waals surface area (Å²) in [5.41, 5.74) is 2.94. The zero-order valence-corrected chi connectivity index (χ0v) is 16.0. The summed E-state index contributed by atoms with van der Waals surface area (Å²) < 4.78 is 1.72. The van der Waals surface area contributed by atoms with Gasteiger partial charge in [0, 0.05) is 17.5 Å². The number of hydrogen-bond donors (Lipinski definition) is 1. The lowest BCUT2D eigenvalue weighted by Crippen LogP contribution is -2.10. The molecule has 29 heavy (non-hydrogen) atoms. The van der Waals surface area contributed by atoms with Crippen LogP contribution in [0, 0.1) is 6.92 Å². The topological polar surface area (TPSA) is 111 Å². The van der Waals surface area contributed by atoms with Gasteiger partial charge in [-0.25, -0.2) is 0 Å². The van der Waals surface area contributed by atoms with Crippen LogP contribution in [0.2, 0.25) is 0 Å². The van der Waals surface area contributed by atoms with Crippen molar-refractivity contribution in [2.24, 2.45) is 10.2 Å². The lowest BCUT2D eigenvalue weighted by atomic mass is 10.1. The summed E-state index contributed by atoms with van der Waals surface area (Å²) in [4.78, 5) is 13.4. The van der Waals surface area contributed by atoms with Gasteiger partial charge in [-0.05, 0) is 31.2 Å². The molecule has 2 aromatic heterocycles. The van der Waals surface area contributed by atoms with Gasteiger partial charge in [0.1, 0.15) is 6.54 Å². The van der Waals surface area contributed by atoms with Gasteiger partial charge >= 0.3 is 0 Å². The number of aromatic hydroxyl groups is 1. The van der Waals surface area contributed by atoms with Crippen molar-refractivity contribution in [1.82, 2.24) is 24.8 Å². The maximum Gasteiger partial charge on any atom is 0.287 e. The molecule has 0 aliphatic rings. The largest absolute Gasteiger partial charge is 0.493 e. The highest BCUT2D eigenvalue weighted by Crippen LogP contribution is 2.39. The quantitative estimate of drug-likeness (QED) is 0.524. The Morgan fingerprint density at radius 1 is 1.17 bits per heavy atom. The van der Waals surface area contributed by atoms with Crippen molar-refractivity contribution in [2.45, 2.75) is 26.9 Å². The van der Waals surface area contributed by atoms with E-state index in [4.69, 9.17) is 0 Å². The fourth-order valence-corrected chi connectivity index (χ4v) is 3.13. The van der Waals surface area contributed by atoms with Crippen molar-refractivity contribution in [3.05, 3.63) is 54.1 Å². The molecule has 0 radical (unpaired) electrons. The Morgan fingerprint density at radius 2 is 1.97 bits per heavy atom. The Hall–Kier alpha value is -3.88. The molecule has 9 heteroatoms. The van der Waals surface area contributed by atoms with Crippen molar-refractivity contribution in [3.8, 4) is 17.3 Å². The molecule has 4 aromatic rings. The van der Waals surface area contributed by atoms with Crippen LogP contribution < -0.4 is 0 Å². The van der Waals surface area contributed by atoms with Gasteiger partial charge in [0.2, 0.25) is 11.7 Å². The summed E-state index contributed by atoms with van der Waals surface area (Å²) in [5, 5.41) is 31.0. The standard InChI is InChI=1S/C20H19N7O2/c1-3-26-16-10-9-13(2)11-15(16)18(20(26)29)22-21-17(28)12-27-24-19(23-25-27)14-7-5-4-6-8-14/h4-11,29H,3,12H2,1-2H3. The molecule has 2 aromatic carbocycles. The molecule has 146 valence electrons. The normalized spacial score (nSPS) is 11.5. The molecule has 0 atom stereocenters. The second-order valence-electron chi connectivity index (χ2n) is 6.54. The molecular weight excluding hydrogens is 370 g/mol. The second kappa shape index (κ2) is 7.63. The zero-order chi connectivity index (χ0) is 20.4. The SMILES string of the molecule is CCn1c(O)c(N=NC(=O)Cn2nnc(-c3ccccc3)n2)c2cc(C)ccc21. The monoisotopic (exact) mass is 389 g/mol. The maximum absolute atomic E-state index is 12.2. The number of nitrogens with zero attached hydrogens (tertiary/aromatic N) is 7. The lowest BCUT2D eigenvalue weighted by molar-refractivity contribution is -0.119. The number of tetrazole rings is 1. The smallest absolute Gasteiger partial charge is 0.287 e. The number of aryl methyl sites for hydroxylation is 2. The third-order valence-electron chi connectivity index (χ3n) is 4.50. The predicted molar refractivity (Wildman–Crippen MR) is 107 cm³/mol. The molecule has 2 heterocycles. The van der Waals surface area contributed by atoms with E-state index in [2.05, 4.69) is 25.6 Å². The van der Waals surface area contributed by atoms with Gasteiger partial charge in [-0.1, -0.05) is 42.0 Å². The highest BCUT2D eigenvalue weighted by atomic mass is 16.3. The number of fused-ring (bicyclic) bond motifs is 1. The van der Waals surface area contributed by atoms with Crippen LogP contribution in [0.3, 0.4) is 0 Å². The van der Waals surface area contributed by atoms with Gasteiger partial charge in [-0.2, -0.15) is 4.80 Å². The number of benzene rings is 2. The molecule has 1 amide bonds. The van der Waals surface area contributed by atoms with E-state index >= 15 is 0 Å². The summed E-state index contributed by atoms with van der Waals surface area (Å²) in [6.07, 6.45) is 0. The minimum absolute atomic E-state index is 0.0186. The van der Waals surface area contributed by atoms with Gasteiger partial charge in [-0.3, -0.25) is 4.79 Å². The Morgan fingerprint density at radius 3 is 2.72 bits per heavy atom. The van der Waals surface area contributed by atoms with Crippen LogP contribution in [0.25, 0.3) is 22.3 Å². The number of carbonyl (C=O) groups is 1. The molecule has 0 spiro atoms. The summed E-state index contributed by atoms with van der Waals surface area (Å²) in [6.45, 7) is 4.24. The Bertz CT molecular complexity index is 1210. The summed E-state index contributed by atoms with van der Waals surface area (Å²) in [5.74, 6) is -0.143. The molecule has 0 fully saturated rings. The Balaban J connectivity index is 1.56. The third-order valence-corrected chi connectivity index (χ3v) is 4.50. The van der Waals surface area contributed by atoms with Crippen LogP contribution in [0.5, 0.6) is 5.88 Å². The molecule has 4 rings (SSSR count). The minimum Gasteiger partial charge on any atom is -0.493 e. The van der Waals surface area contributed by atoms with Crippen LogP contribution in [-0.4, -0.2) is 35.8 Å². The molecule has 0 aliphatic heterocycles. The van der Waals surface area contributed by atoms with Crippen LogP contribution in [0.1, 0.15) is 12.5 Å². The van der Waals surface area contributed by atoms with E-state index in [1.54, 1.807) is 4.57 Å². The third kappa shape index (κ3) is 3.62. The van der Waals surface area contributed by atoms with Crippen LogP contribution in [-0.2, 0) is 17.9 Å². The highest BCUT2D eigenvalue weighted by Gasteiger charge is 2.16. The Kier molecular flexibility index (Phi) is 4.86. The average molecular weight is 389 g/mol. The van der Waals surface area contributed by atoms with Gasteiger partial charge in [0.25, 0.3) is 5.91 Å². The van der Waals surface area contributed by atoms with Crippen molar-refractivity contribution in [3.63, 3.8) is 0 Å². The fraction of sp³-hybridized carbons (Fsp3) is 0.200. The number of carbonyl (C=O) groups excluding carboxylic acids is 1. The minimum atomic E-state index is -0.550. The van der Waals surface area contributed by atoms with Crippen molar-refractivity contribution in [2.75, 3.05) is 0 Å².